The number of hydrogen-bond acceptors (Lipinski definition) is 3. The standard InChI is InChI=1S/C8H6F4INO2/c1-15-6-2-4(13)7(14-5(6)3-9)16-8(10,11)12/h2H,3H2,1H3. The van der Waals surface area contributed by atoms with Crippen molar-refractivity contribution in [2.24, 2.45) is 0 Å². The number of alkyl halides is 4. The Balaban J connectivity index is 3.11. The van der Waals surface area contributed by atoms with Crippen molar-refractivity contribution in [2.75, 3.05) is 7.11 Å². The summed E-state index contributed by atoms with van der Waals surface area (Å²) in [5, 5.41) is 0. The van der Waals surface area contributed by atoms with Crippen molar-refractivity contribution in [1.29, 1.82) is 0 Å². The van der Waals surface area contributed by atoms with Gasteiger partial charge < -0.3 is 9.47 Å². The lowest BCUT2D eigenvalue weighted by atomic mass is 10.3. The second kappa shape index (κ2) is 5.02. The van der Waals surface area contributed by atoms with Crippen LogP contribution in [0.15, 0.2) is 6.07 Å². The molecular formula is C8H6F4INO2. The molecule has 0 aromatic carbocycles. The van der Waals surface area contributed by atoms with E-state index in [-0.39, 0.29) is 15.0 Å². The number of halogens is 5. The molecule has 0 bridgehead atoms. The van der Waals surface area contributed by atoms with Crippen molar-refractivity contribution >= 4 is 22.6 Å². The first-order chi connectivity index (χ1) is 7.37. The van der Waals surface area contributed by atoms with Gasteiger partial charge in [0.15, 0.2) is 0 Å². The third kappa shape index (κ3) is 3.35. The predicted molar refractivity (Wildman–Crippen MR) is 55.0 cm³/mol. The zero-order valence-electron chi connectivity index (χ0n) is 7.94. The van der Waals surface area contributed by atoms with Crippen LogP contribution in [0.4, 0.5) is 17.6 Å². The maximum Gasteiger partial charge on any atom is 0.574 e. The third-order valence-corrected chi connectivity index (χ3v) is 2.31. The van der Waals surface area contributed by atoms with E-state index in [4.69, 9.17) is 4.74 Å². The number of nitrogens with zero attached hydrogens (tertiary/aromatic N) is 1. The molecule has 1 aromatic rings. The van der Waals surface area contributed by atoms with Gasteiger partial charge in [0.2, 0.25) is 5.88 Å². The molecular weight excluding hydrogens is 345 g/mol. The Morgan fingerprint density at radius 1 is 1.44 bits per heavy atom. The highest BCUT2D eigenvalue weighted by atomic mass is 127. The highest BCUT2D eigenvalue weighted by Gasteiger charge is 2.33. The lowest BCUT2D eigenvalue weighted by Gasteiger charge is -2.12. The van der Waals surface area contributed by atoms with Gasteiger partial charge in [-0.2, -0.15) is 0 Å². The van der Waals surface area contributed by atoms with Crippen molar-refractivity contribution in [3.63, 3.8) is 0 Å². The van der Waals surface area contributed by atoms with E-state index in [1.165, 1.54) is 13.2 Å². The Labute approximate surface area is 102 Å². The summed E-state index contributed by atoms with van der Waals surface area (Å²) in [5.74, 6) is -0.594. The van der Waals surface area contributed by atoms with Crippen LogP contribution in [-0.2, 0) is 6.67 Å². The third-order valence-electron chi connectivity index (χ3n) is 1.54. The van der Waals surface area contributed by atoms with Crippen LogP contribution in [0, 0.1) is 3.57 Å². The minimum atomic E-state index is -4.85. The average molecular weight is 351 g/mol. The predicted octanol–water partition coefficient (Wildman–Crippen LogP) is 3.06. The van der Waals surface area contributed by atoms with E-state index < -0.39 is 18.9 Å². The maximum atomic E-state index is 12.4. The topological polar surface area (TPSA) is 31.4 Å². The minimum absolute atomic E-state index is 0.0847. The molecule has 0 atom stereocenters. The van der Waals surface area contributed by atoms with Crippen LogP contribution >= 0.6 is 22.6 Å². The summed E-state index contributed by atoms with van der Waals surface area (Å²) in [4.78, 5) is 3.40. The summed E-state index contributed by atoms with van der Waals surface area (Å²) in [6, 6.07) is 1.23. The highest BCUT2D eigenvalue weighted by molar-refractivity contribution is 14.1. The van der Waals surface area contributed by atoms with E-state index in [1.54, 1.807) is 22.6 Å². The van der Waals surface area contributed by atoms with Gasteiger partial charge in [-0.1, -0.05) is 0 Å². The molecule has 0 aliphatic rings. The zero-order chi connectivity index (χ0) is 12.3. The molecule has 1 heterocycles. The SMILES string of the molecule is COc1cc(I)c(OC(F)(F)F)nc1CF. The molecule has 16 heavy (non-hydrogen) atoms. The largest absolute Gasteiger partial charge is 0.574 e. The summed E-state index contributed by atoms with van der Waals surface area (Å²) in [6.45, 7) is -1.03. The fourth-order valence-electron chi connectivity index (χ4n) is 0.945. The molecule has 0 aliphatic heterocycles. The van der Waals surface area contributed by atoms with Crippen LogP contribution in [0.3, 0.4) is 0 Å². The van der Waals surface area contributed by atoms with E-state index in [0.29, 0.717) is 0 Å². The quantitative estimate of drug-likeness (QED) is 0.620. The molecule has 1 aromatic heterocycles. The number of rotatable bonds is 3. The van der Waals surface area contributed by atoms with Gasteiger partial charge in [-0.05, 0) is 22.6 Å². The molecule has 90 valence electrons. The van der Waals surface area contributed by atoms with Crippen LogP contribution in [-0.4, -0.2) is 18.5 Å². The summed E-state index contributed by atoms with van der Waals surface area (Å²) >= 11 is 1.59. The number of ether oxygens (including phenoxy) is 2. The van der Waals surface area contributed by atoms with Gasteiger partial charge in [-0.25, -0.2) is 9.37 Å². The Kier molecular flexibility index (Phi) is 4.16. The summed E-state index contributed by atoms with van der Waals surface area (Å²) in [6.07, 6.45) is -4.85. The molecule has 3 nitrogen and oxygen atoms in total. The van der Waals surface area contributed by atoms with Crippen molar-refractivity contribution < 1.29 is 27.0 Å². The fraction of sp³-hybridized carbons (Fsp3) is 0.375. The van der Waals surface area contributed by atoms with Gasteiger partial charge in [0.05, 0.1) is 10.7 Å². The van der Waals surface area contributed by atoms with Crippen LogP contribution < -0.4 is 9.47 Å². The second-order valence-corrected chi connectivity index (χ2v) is 3.77. The van der Waals surface area contributed by atoms with Crippen molar-refractivity contribution in [2.45, 2.75) is 13.0 Å². The number of aromatic nitrogens is 1. The minimum Gasteiger partial charge on any atom is -0.495 e. The average Bonchev–Trinajstić information content (AvgIpc) is 2.18. The van der Waals surface area contributed by atoms with Crippen LogP contribution in [0.1, 0.15) is 5.69 Å². The Morgan fingerprint density at radius 3 is 2.50 bits per heavy atom. The van der Waals surface area contributed by atoms with Crippen molar-refractivity contribution in [3.8, 4) is 11.6 Å². The van der Waals surface area contributed by atoms with Gasteiger partial charge in [-0.15, -0.1) is 13.2 Å². The fourth-order valence-corrected chi connectivity index (χ4v) is 1.46. The van der Waals surface area contributed by atoms with Crippen LogP contribution in [0.2, 0.25) is 0 Å². The Bertz CT molecular complexity index is 383. The lowest BCUT2D eigenvalue weighted by Crippen LogP contribution is -2.19. The summed E-state index contributed by atoms with van der Waals surface area (Å²) in [5.41, 5.74) is -0.234. The van der Waals surface area contributed by atoms with E-state index >= 15 is 0 Å². The van der Waals surface area contributed by atoms with Gasteiger partial charge in [0.1, 0.15) is 18.1 Å². The first kappa shape index (κ1) is 13.3. The molecule has 8 heteroatoms. The molecule has 0 saturated carbocycles. The van der Waals surface area contributed by atoms with E-state index in [2.05, 4.69) is 9.72 Å². The first-order valence-corrected chi connectivity index (χ1v) is 5.00. The molecule has 0 aliphatic carbocycles. The molecule has 1 rings (SSSR count). The molecule has 0 unspecified atom stereocenters. The normalized spacial score (nSPS) is 11.4. The van der Waals surface area contributed by atoms with E-state index in [0.717, 1.165) is 0 Å². The van der Waals surface area contributed by atoms with Crippen molar-refractivity contribution in [3.05, 3.63) is 15.3 Å². The van der Waals surface area contributed by atoms with Gasteiger partial charge in [-0.3, -0.25) is 0 Å². The lowest BCUT2D eigenvalue weighted by molar-refractivity contribution is -0.276. The maximum absolute atomic E-state index is 12.4. The van der Waals surface area contributed by atoms with E-state index in [1.807, 2.05) is 0 Å². The molecule has 0 fully saturated rings. The van der Waals surface area contributed by atoms with Gasteiger partial charge >= 0.3 is 6.36 Å². The monoisotopic (exact) mass is 351 g/mol. The molecule has 0 amide bonds. The second-order valence-electron chi connectivity index (χ2n) is 2.61. The van der Waals surface area contributed by atoms with Crippen LogP contribution in [0.5, 0.6) is 11.6 Å². The number of pyridine rings is 1. The summed E-state index contributed by atoms with van der Waals surface area (Å²) < 4.78 is 56.8. The molecule has 0 N–H and O–H groups in total. The zero-order valence-corrected chi connectivity index (χ0v) is 10.1. The van der Waals surface area contributed by atoms with Crippen LogP contribution in [0.25, 0.3) is 0 Å². The van der Waals surface area contributed by atoms with E-state index in [9.17, 15) is 17.6 Å². The smallest absolute Gasteiger partial charge is 0.495 e. The Hall–Kier alpha value is -0.800. The van der Waals surface area contributed by atoms with Gasteiger partial charge in [0.25, 0.3) is 0 Å². The Morgan fingerprint density at radius 2 is 2.06 bits per heavy atom. The first-order valence-electron chi connectivity index (χ1n) is 3.92. The van der Waals surface area contributed by atoms with Gasteiger partial charge in [0, 0.05) is 6.07 Å². The highest BCUT2D eigenvalue weighted by Crippen LogP contribution is 2.30. The molecule has 0 saturated heterocycles. The number of hydrogen-bond donors (Lipinski definition) is 0. The molecule has 0 spiro atoms. The summed E-state index contributed by atoms with van der Waals surface area (Å²) in [7, 11) is 1.27. The number of methoxy groups -OCH3 is 1. The molecule has 0 radical (unpaired) electrons. The van der Waals surface area contributed by atoms with Crippen molar-refractivity contribution in [1.82, 2.24) is 4.98 Å².